The maximum atomic E-state index is 11.6. The Morgan fingerprint density at radius 2 is 1.01 bits per heavy atom. The van der Waals surface area contributed by atoms with E-state index in [4.69, 9.17) is 68.0 Å². The molecule has 2 fully saturated rings. The van der Waals surface area contributed by atoms with E-state index in [1.807, 2.05) is 96.2 Å². The number of fused-ring (bicyclic) bond motifs is 23. The molecule has 0 spiro atoms. The zero-order valence-electron chi connectivity index (χ0n) is 36.8. The van der Waals surface area contributed by atoms with Crippen molar-refractivity contribution in [2.75, 3.05) is 0 Å². The van der Waals surface area contributed by atoms with Crippen molar-refractivity contribution in [2.24, 2.45) is 0 Å². The molecule has 0 radical (unpaired) electrons. The minimum absolute atomic E-state index is 0. The van der Waals surface area contributed by atoms with Crippen LogP contribution in [0.2, 0.25) is 0 Å². The van der Waals surface area contributed by atoms with Gasteiger partial charge in [0, 0.05) is 70.6 Å². The van der Waals surface area contributed by atoms with E-state index >= 15 is 0 Å². The molecule has 2 aromatic heterocycles. The number of aromatic nitrogens is 8. The maximum Gasteiger partial charge on any atom is 2.00 e. The smallest absolute Gasteiger partial charge is 0.744 e. The quantitative estimate of drug-likeness (QED) is 0.160. The van der Waals surface area contributed by atoms with Gasteiger partial charge in [0.2, 0.25) is 17.4 Å². The summed E-state index contributed by atoms with van der Waals surface area (Å²) in [4.78, 5) is 39.4. The summed E-state index contributed by atoms with van der Waals surface area (Å²) >= 11 is 0. The van der Waals surface area contributed by atoms with E-state index in [0.717, 1.165) is 0 Å². The van der Waals surface area contributed by atoms with Crippen molar-refractivity contribution < 1.29 is 65.6 Å². The Bertz CT molecular complexity index is 3420. The van der Waals surface area contributed by atoms with Gasteiger partial charge in [0.05, 0.1) is 34.3 Å². The zero-order valence-corrected chi connectivity index (χ0v) is 40.6. The summed E-state index contributed by atoms with van der Waals surface area (Å²) in [7, 11) is -4.64. The molecular weight excluding hydrogens is 934 g/mol. The number of benzene rings is 2. The van der Waals surface area contributed by atoms with Gasteiger partial charge in [-0.3, -0.25) is 0 Å². The van der Waals surface area contributed by atoms with Gasteiger partial charge >= 0.3 is 19.5 Å². The molecule has 0 amide bonds. The number of allylic oxidation sites excluding steroid dienone is 7. The zero-order chi connectivity index (χ0) is 45.2. The summed E-state index contributed by atoms with van der Waals surface area (Å²) in [6, 6.07) is 9.01. The monoisotopic (exact) mass is 970 g/mol. The number of H-pyrrole nitrogens is 1. The van der Waals surface area contributed by atoms with Gasteiger partial charge < -0.3 is 57.6 Å². The van der Waals surface area contributed by atoms with Crippen LogP contribution in [0.5, 0.6) is 17.2 Å². The standard InChI is InChI=1S/C47H39N8O10S.Zn/c1-45(2)60-31-14-25-26(15-32(31)61-45)41-51-39(25)49-37-23-12-9-21(59-20-7-10-22(11-8-20)66(56,57)58)13-24(23)38(48-37)50-40-27-16-33-34(63-46(3,4)62-33)17-28(27)42(52-40)54-44-30-19-36-35(64-47(5,6)65-36)18-29(30)43(53-41)55-44;/h7-19,23-26,29-30H,1-6H3,(H,56,57,58)(H,48,49,50,51,53,54,55);/q-1;+2/p-1. The van der Waals surface area contributed by atoms with Crippen molar-refractivity contribution in [2.45, 2.75) is 99.3 Å². The van der Waals surface area contributed by atoms with Crippen molar-refractivity contribution in [1.82, 2.24) is 39.9 Å². The van der Waals surface area contributed by atoms with Gasteiger partial charge in [0.15, 0.2) is 34.5 Å². The largest absolute Gasteiger partial charge is 2.00 e. The minimum atomic E-state index is -4.64. The van der Waals surface area contributed by atoms with E-state index in [1.165, 1.54) is 24.3 Å². The number of nitrogens with one attached hydrogen (secondary N) is 1. The second-order valence-corrected chi connectivity index (χ2v) is 20.0. The van der Waals surface area contributed by atoms with Gasteiger partial charge in [0.1, 0.15) is 44.9 Å². The Labute approximate surface area is 395 Å². The number of ether oxygens (including phenoxy) is 7. The Hall–Kier alpha value is -6.63. The van der Waals surface area contributed by atoms with E-state index in [-0.39, 0.29) is 48.0 Å². The fourth-order valence-electron chi connectivity index (χ4n) is 9.75. The van der Waals surface area contributed by atoms with Crippen LogP contribution in [0.25, 0.3) is 22.1 Å². The molecule has 6 atom stereocenters. The number of hydrogen-bond acceptors (Lipinski definition) is 16. The molecule has 3 aliphatic carbocycles. The first-order chi connectivity index (χ1) is 31.4. The molecule has 6 aliphatic heterocycles. The third kappa shape index (κ3) is 6.89. The molecule has 13 rings (SSSR count). The second kappa shape index (κ2) is 14.0. The van der Waals surface area contributed by atoms with E-state index < -0.39 is 39.3 Å². The first kappa shape index (κ1) is 41.8. The van der Waals surface area contributed by atoms with E-state index in [2.05, 4.69) is 4.98 Å². The normalized spacial score (nSPS) is 26.4. The Balaban J connectivity index is 0.00000468. The van der Waals surface area contributed by atoms with Crippen LogP contribution in [0.1, 0.15) is 112 Å². The summed E-state index contributed by atoms with van der Waals surface area (Å²) in [5.41, 5.74) is 0.703. The van der Waals surface area contributed by atoms with Crippen LogP contribution in [0.4, 0.5) is 0 Å². The molecule has 8 bridgehead atoms. The van der Waals surface area contributed by atoms with Crippen molar-refractivity contribution in [3.8, 4) is 17.2 Å². The molecule has 2 saturated heterocycles. The first-order valence-corrected chi connectivity index (χ1v) is 22.9. The average molecular weight is 972 g/mol. The fraction of sp³-hybridized carbons (Fsp3) is 0.319. The minimum Gasteiger partial charge on any atom is -0.744 e. The molecule has 18 nitrogen and oxygen atoms in total. The Morgan fingerprint density at radius 3 is 1.55 bits per heavy atom. The third-order valence-corrected chi connectivity index (χ3v) is 13.3. The molecule has 67 heavy (non-hydrogen) atoms. The van der Waals surface area contributed by atoms with Crippen molar-refractivity contribution >= 4 is 32.2 Å². The molecule has 8 heterocycles. The van der Waals surface area contributed by atoms with Crippen LogP contribution in [-0.4, -0.2) is 65.2 Å². The fourth-order valence-corrected chi connectivity index (χ4v) is 10.2. The Morgan fingerprint density at radius 1 is 0.582 bits per heavy atom. The van der Waals surface area contributed by atoms with Crippen LogP contribution in [0.15, 0.2) is 113 Å². The van der Waals surface area contributed by atoms with Crippen LogP contribution >= 0.6 is 0 Å². The molecule has 4 aromatic rings. The average Bonchev–Trinajstić information content (AvgIpc) is 4.09. The van der Waals surface area contributed by atoms with Gasteiger partial charge in [-0.25, -0.2) is 28.4 Å². The van der Waals surface area contributed by atoms with Gasteiger partial charge in [-0.05, 0) is 83.6 Å². The summed E-state index contributed by atoms with van der Waals surface area (Å²) in [5.74, 6) is 2.35. The molecule has 1 N–H and O–H groups in total. The van der Waals surface area contributed by atoms with E-state index in [0.29, 0.717) is 103 Å². The van der Waals surface area contributed by atoms with Gasteiger partial charge in [0.25, 0.3) is 0 Å². The van der Waals surface area contributed by atoms with Crippen LogP contribution < -0.4 is 19.2 Å². The van der Waals surface area contributed by atoms with E-state index in [1.54, 1.807) is 0 Å². The number of nitrogens with zero attached hydrogens (tertiary/aromatic N) is 7. The number of aromatic amines is 1. The first-order valence-electron chi connectivity index (χ1n) is 21.5. The van der Waals surface area contributed by atoms with E-state index in [9.17, 15) is 13.0 Å². The molecular formula is C47H38N8O10SZn. The molecule has 2 aromatic carbocycles. The summed E-state index contributed by atoms with van der Waals surface area (Å²) < 4.78 is 78.4. The van der Waals surface area contributed by atoms with Gasteiger partial charge in [-0.15, -0.1) is 0 Å². The summed E-state index contributed by atoms with van der Waals surface area (Å²) in [6.07, 6.45) is 13.7. The van der Waals surface area contributed by atoms with Crippen LogP contribution in [-0.2, 0) is 48.5 Å². The maximum absolute atomic E-state index is 11.6. The van der Waals surface area contributed by atoms with Crippen LogP contribution in [0.3, 0.4) is 0 Å². The predicted octanol–water partition coefficient (Wildman–Crippen LogP) is 7.07. The van der Waals surface area contributed by atoms with Gasteiger partial charge in [-0.1, -0.05) is 6.08 Å². The van der Waals surface area contributed by atoms with Crippen molar-refractivity contribution in [1.29, 1.82) is 0 Å². The van der Waals surface area contributed by atoms with Crippen molar-refractivity contribution in [3.05, 3.63) is 143 Å². The molecule has 20 heteroatoms. The summed E-state index contributed by atoms with van der Waals surface area (Å²) in [6.45, 7) is 11.1. The second-order valence-electron chi connectivity index (χ2n) is 18.6. The molecule has 0 saturated carbocycles. The van der Waals surface area contributed by atoms with Gasteiger partial charge in [-0.2, -0.15) is 0 Å². The number of rotatable bonds is 3. The SMILES string of the molecule is CC1(C)OC2=CC3c4nc(nc5[n-]c(nc6nc([nH]c7nc(n4)C4C=C8OC(C)(C)OC8=CC74)C4C=CC(Oc7ccc(S(=O)(=O)[O-])cc7)=CC64)c4cc6c(cc54)OC(C)(C)O6)C3C=C2O1.[Zn+2]. The predicted molar refractivity (Wildman–Crippen MR) is 229 cm³/mol. The molecule has 334 valence electrons. The van der Waals surface area contributed by atoms with Crippen LogP contribution in [0, 0.1) is 0 Å². The topological polar surface area (TPSA) is 229 Å². The third-order valence-electron chi connectivity index (χ3n) is 12.5. The number of hydrogen-bond donors (Lipinski definition) is 1. The van der Waals surface area contributed by atoms with Crippen molar-refractivity contribution in [3.63, 3.8) is 0 Å². The summed E-state index contributed by atoms with van der Waals surface area (Å²) in [5, 5.41) is 1.31. The molecule has 9 aliphatic rings. The Kier molecular flexibility index (Phi) is 8.71. The molecule has 6 unspecified atom stereocenters.